The van der Waals surface area contributed by atoms with E-state index in [0.29, 0.717) is 19.8 Å². The molecule has 0 bridgehead atoms. The first-order chi connectivity index (χ1) is 12.6. The first-order valence-electron chi connectivity index (χ1n) is 8.80. The maximum Gasteiger partial charge on any atom is 0.426 e. The second kappa shape index (κ2) is 6.99. The molecule has 0 unspecified atom stereocenters. The van der Waals surface area contributed by atoms with E-state index in [-0.39, 0.29) is 19.0 Å². The van der Waals surface area contributed by atoms with Crippen molar-refractivity contribution in [3.63, 3.8) is 0 Å². The lowest BCUT2D eigenvalue weighted by molar-refractivity contribution is -0.250. The standard InChI is InChI=1S/C19H22F3N3O2/c1-13-4-3-5-15(12-13)25-16(6-9-23-25)14-7-10-24(11-8-14)17(26)18(2,27)19(20,21)22/h3-6,9,12,14,27H,7-8,10-11H2,1-2H3/t18-/m1/s1. The molecule has 2 aromatic rings. The molecule has 1 amide bonds. The number of hydrogen-bond acceptors (Lipinski definition) is 3. The summed E-state index contributed by atoms with van der Waals surface area (Å²) in [7, 11) is 0. The average molecular weight is 381 g/mol. The Morgan fingerprint density at radius 3 is 2.48 bits per heavy atom. The van der Waals surface area contributed by atoms with E-state index in [0.717, 1.165) is 21.8 Å². The molecule has 0 spiro atoms. The zero-order valence-corrected chi connectivity index (χ0v) is 15.2. The molecule has 1 atom stereocenters. The number of carbonyl (C=O) groups excluding carboxylic acids is 1. The van der Waals surface area contributed by atoms with Crippen LogP contribution in [0.3, 0.4) is 0 Å². The molecule has 3 rings (SSSR count). The zero-order valence-electron chi connectivity index (χ0n) is 15.2. The first-order valence-corrected chi connectivity index (χ1v) is 8.80. The van der Waals surface area contributed by atoms with Crippen LogP contribution >= 0.6 is 0 Å². The third-order valence-corrected chi connectivity index (χ3v) is 5.09. The van der Waals surface area contributed by atoms with Crippen LogP contribution in [0.5, 0.6) is 0 Å². The molecule has 0 saturated carbocycles. The molecule has 1 saturated heterocycles. The van der Waals surface area contributed by atoms with E-state index in [1.54, 1.807) is 6.20 Å². The molecule has 0 radical (unpaired) electrons. The summed E-state index contributed by atoms with van der Waals surface area (Å²) in [4.78, 5) is 13.2. The second-order valence-corrected chi connectivity index (χ2v) is 7.14. The lowest BCUT2D eigenvalue weighted by Crippen LogP contribution is -2.57. The number of alkyl halides is 3. The Kier molecular flexibility index (Phi) is 5.03. The zero-order chi connectivity index (χ0) is 19.8. The monoisotopic (exact) mass is 381 g/mol. The normalized spacial score (nSPS) is 18.4. The molecule has 1 aliphatic heterocycles. The van der Waals surface area contributed by atoms with Gasteiger partial charge in [0.1, 0.15) is 0 Å². The van der Waals surface area contributed by atoms with Gasteiger partial charge in [0.2, 0.25) is 5.60 Å². The summed E-state index contributed by atoms with van der Waals surface area (Å²) in [5, 5.41) is 14.0. The Labute approximate surface area is 155 Å². The third-order valence-electron chi connectivity index (χ3n) is 5.09. The van der Waals surface area contributed by atoms with Gasteiger partial charge in [0.05, 0.1) is 5.69 Å². The molecule has 5 nitrogen and oxygen atoms in total. The maximum absolute atomic E-state index is 12.9. The van der Waals surface area contributed by atoms with Crippen molar-refractivity contribution in [2.75, 3.05) is 13.1 Å². The molecule has 0 aliphatic carbocycles. The number of aryl methyl sites for hydroxylation is 1. The van der Waals surface area contributed by atoms with Crippen molar-refractivity contribution in [1.82, 2.24) is 14.7 Å². The fraction of sp³-hybridized carbons (Fsp3) is 0.474. The van der Waals surface area contributed by atoms with Crippen LogP contribution in [0, 0.1) is 6.92 Å². The minimum atomic E-state index is -5.00. The smallest absolute Gasteiger partial charge is 0.373 e. The summed E-state index contributed by atoms with van der Waals surface area (Å²) in [5.41, 5.74) is -0.365. The quantitative estimate of drug-likeness (QED) is 0.888. The van der Waals surface area contributed by atoms with Crippen LogP contribution in [-0.2, 0) is 4.79 Å². The Hall–Kier alpha value is -2.35. The maximum atomic E-state index is 12.9. The van der Waals surface area contributed by atoms with E-state index in [1.807, 2.05) is 41.9 Å². The summed E-state index contributed by atoms with van der Waals surface area (Å²) in [6.07, 6.45) is -2.28. The number of carbonyl (C=O) groups is 1. The Morgan fingerprint density at radius 1 is 1.22 bits per heavy atom. The molecular formula is C19H22F3N3O2. The topological polar surface area (TPSA) is 58.4 Å². The van der Waals surface area contributed by atoms with Gasteiger partial charge in [0.15, 0.2) is 0 Å². The number of nitrogens with zero attached hydrogens (tertiary/aromatic N) is 3. The van der Waals surface area contributed by atoms with Gasteiger partial charge in [-0.1, -0.05) is 12.1 Å². The van der Waals surface area contributed by atoms with Crippen molar-refractivity contribution in [3.05, 3.63) is 47.8 Å². The van der Waals surface area contributed by atoms with Gasteiger partial charge in [0.25, 0.3) is 5.91 Å². The molecule has 8 heteroatoms. The predicted molar refractivity (Wildman–Crippen MR) is 93.5 cm³/mol. The van der Waals surface area contributed by atoms with Gasteiger partial charge in [-0.05, 0) is 50.5 Å². The van der Waals surface area contributed by atoms with Gasteiger partial charge in [0, 0.05) is 30.9 Å². The first kappa shape index (κ1) is 19.4. The SMILES string of the molecule is Cc1cccc(-n2nccc2C2CCN(C(=O)[C@@](C)(O)C(F)(F)F)CC2)c1. The van der Waals surface area contributed by atoms with E-state index in [4.69, 9.17) is 0 Å². The molecule has 2 heterocycles. The van der Waals surface area contributed by atoms with Crippen LogP contribution in [0.1, 0.15) is 36.9 Å². The lowest BCUT2D eigenvalue weighted by Gasteiger charge is -2.36. The Balaban J connectivity index is 1.73. The highest BCUT2D eigenvalue weighted by Crippen LogP contribution is 2.34. The predicted octanol–water partition coefficient (Wildman–Crippen LogP) is 3.20. The highest BCUT2D eigenvalue weighted by molar-refractivity contribution is 5.85. The fourth-order valence-corrected chi connectivity index (χ4v) is 3.41. The molecular weight excluding hydrogens is 359 g/mol. The average Bonchev–Trinajstić information content (AvgIpc) is 3.10. The number of aromatic nitrogens is 2. The van der Waals surface area contributed by atoms with E-state index in [2.05, 4.69) is 5.10 Å². The largest absolute Gasteiger partial charge is 0.426 e. The van der Waals surface area contributed by atoms with Crippen molar-refractivity contribution in [3.8, 4) is 5.69 Å². The van der Waals surface area contributed by atoms with Crippen LogP contribution in [0.25, 0.3) is 5.69 Å². The number of hydrogen-bond donors (Lipinski definition) is 1. The summed E-state index contributed by atoms with van der Waals surface area (Å²) in [5.74, 6) is -1.21. The number of aliphatic hydroxyl groups is 1. The second-order valence-electron chi connectivity index (χ2n) is 7.14. The van der Waals surface area contributed by atoms with Crippen LogP contribution in [0.2, 0.25) is 0 Å². The minimum absolute atomic E-state index is 0.0768. The molecule has 1 aromatic heterocycles. The minimum Gasteiger partial charge on any atom is -0.373 e. The number of rotatable bonds is 3. The summed E-state index contributed by atoms with van der Waals surface area (Å²) in [6, 6.07) is 9.79. The van der Waals surface area contributed by atoms with Gasteiger partial charge in [-0.2, -0.15) is 18.3 Å². The lowest BCUT2D eigenvalue weighted by atomic mass is 9.92. The molecule has 1 aromatic carbocycles. The van der Waals surface area contributed by atoms with Gasteiger partial charge in [-0.3, -0.25) is 4.79 Å². The highest BCUT2D eigenvalue weighted by Gasteiger charge is 2.57. The van der Waals surface area contributed by atoms with Gasteiger partial charge >= 0.3 is 6.18 Å². The Bertz CT molecular complexity index is 822. The van der Waals surface area contributed by atoms with Crippen LogP contribution in [0.15, 0.2) is 36.5 Å². The number of halogens is 3. The van der Waals surface area contributed by atoms with Gasteiger partial charge < -0.3 is 10.0 Å². The van der Waals surface area contributed by atoms with E-state index < -0.39 is 17.7 Å². The summed E-state index contributed by atoms with van der Waals surface area (Å²) in [6.45, 7) is 2.82. The summed E-state index contributed by atoms with van der Waals surface area (Å²) < 4.78 is 40.5. The van der Waals surface area contributed by atoms with Crippen molar-refractivity contribution >= 4 is 5.91 Å². The molecule has 27 heavy (non-hydrogen) atoms. The van der Waals surface area contributed by atoms with Crippen LogP contribution in [-0.4, -0.2) is 50.6 Å². The van der Waals surface area contributed by atoms with Crippen molar-refractivity contribution in [2.45, 2.75) is 44.4 Å². The third kappa shape index (κ3) is 3.71. The van der Waals surface area contributed by atoms with E-state index in [1.165, 1.54) is 0 Å². The number of benzene rings is 1. The van der Waals surface area contributed by atoms with Crippen molar-refractivity contribution in [1.29, 1.82) is 0 Å². The van der Waals surface area contributed by atoms with E-state index in [9.17, 15) is 23.1 Å². The van der Waals surface area contributed by atoms with Gasteiger partial charge in [-0.15, -0.1) is 0 Å². The van der Waals surface area contributed by atoms with Crippen LogP contribution in [0.4, 0.5) is 13.2 Å². The molecule has 1 fully saturated rings. The highest BCUT2D eigenvalue weighted by atomic mass is 19.4. The molecule has 1 N–H and O–H groups in total. The van der Waals surface area contributed by atoms with E-state index >= 15 is 0 Å². The molecule has 1 aliphatic rings. The van der Waals surface area contributed by atoms with Crippen molar-refractivity contribution < 1.29 is 23.1 Å². The van der Waals surface area contributed by atoms with Gasteiger partial charge in [-0.25, -0.2) is 4.68 Å². The Morgan fingerprint density at radius 2 is 1.89 bits per heavy atom. The fourth-order valence-electron chi connectivity index (χ4n) is 3.41. The number of likely N-dealkylation sites (tertiary alicyclic amines) is 1. The summed E-state index contributed by atoms with van der Waals surface area (Å²) >= 11 is 0. The number of piperidine rings is 1. The molecule has 146 valence electrons. The van der Waals surface area contributed by atoms with Crippen molar-refractivity contribution in [2.24, 2.45) is 0 Å². The number of amides is 1. The van der Waals surface area contributed by atoms with Crippen LogP contribution < -0.4 is 0 Å².